The summed E-state index contributed by atoms with van der Waals surface area (Å²) < 4.78 is 29.9. The van der Waals surface area contributed by atoms with Crippen molar-refractivity contribution in [3.63, 3.8) is 0 Å². The molecule has 1 amide bonds. The summed E-state index contributed by atoms with van der Waals surface area (Å²) in [4.78, 5) is 12.9. The molecule has 1 heterocycles. The number of hydrogen-bond donors (Lipinski definition) is 1. The Labute approximate surface area is 222 Å². The minimum absolute atomic E-state index is 0.0739. The Balaban J connectivity index is 1.54. The number of rotatable bonds is 8. The molecule has 0 saturated heterocycles. The Morgan fingerprint density at radius 2 is 1.68 bits per heavy atom. The summed E-state index contributed by atoms with van der Waals surface area (Å²) in [5.74, 6) is -0.585. The lowest BCUT2D eigenvalue weighted by atomic mass is 10.2. The summed E-state index contributed by atoms with van der Waals surface area (Å²) in [6.07, 6.45) is 1.56. The first kappa shape index (κ1) is 26.2. The number of aromatic nitrogens is 1. The molecule has 7 nitrogen and oxygen atoms in total. The van der Waals surface area contributed by atoms with Gasteiger partial charge < -0.3 is 4.57 Å². The number of hydrogen-bond acceptors (Lipinski definition) is 4. The maximum Gasteiger partial charge on any atom is 0.264 e. The normalized spacial score (nSPS) is 11.6. The number of nitrogens with one attached hydrogen (secondary N) is 1. The van der Waals surface area contributed by atoms with Gasteiger partial charge in [0.25, 0.3) is 15.9 Å². The van der Waals surface area contributed by atoms with Gasteiger partial charge in [-0.15, -0.1) is 0 Å². The highest BCUT2D eigenvalue weighted by Gasteiger charge is 2.27. The number of aryl methyl sites for hydroxylation is 2. The van der Waals surface area contributed by atoms with Crippen molar-refractivity contribution < 1.29 is 13.2 Å². The average Bonchev–Trinajstić information content (AvgIpc) is 3.16. The quantitative estimate of drug-likeness (QED) is 0.242. The van der Waals surface area contributed by atoms with Crippen LogP contribution in [0.4, 0.5) is 5.69 Å². The van der Waals surface area contributed by atoms with Crippen LogP contribution < -0.4 is 9.73 Å². The first-order valence-corrected chi connectivity index (χ1v) is 13.4. The molecule has 0 saturated carbocycles. The van der Waals surface area contributed by atoms with Gasteiger partial charge in [-0.3, -0.25) is 9.10 Å². The SMILES string of the molecule is Cc1cccc(-n2c(C)cc(/C=N/NC(=O)CN(c3ccc(Cl)cc3)S(=O)(=O)c3ccccc3)c2C)c1. The Morgan fingerprint density at radius 3 is 2.35 bits per heavy atom. The molecule has 0 atom stereocenters. The number of nitrogens with zero attached hydrogens (tertiary/aromatic N) is 3. The van der Waals surface area contributed by atoms with Gasteiger partial charge in [0.1, 0.15) is 6.54 Å². The first-order chi connectivity index (χ1) is 17.7. The van der Waals surface area contributed by atoms with E-state index in [1.54, 1.807) is 48.7 Å². The summed E-state index contributed by atoms with van der Waals surface area (Å²) in [5.41, 5.74) is 7.81. The molecule has 9 heteroatoms. The third kappa shape index (κ3) is 5.93. The van der Waals surface area contributed by atoms with E-state index in [4.69, 9.17) is 11.6 Å². The van der Waals surface area contributed by atoms with Crippen LogP contribution in [0.15, 0.2) is 94.9 Å². The number of carbonyl (C=O) groups excluding carboxylic acids is 1. The van der Waals surface area contributed by atoms with Gasteiger partial charge in [-0.1, -0.05) is 41.9 Å². The summed E-state index contributed by atoms with van der Waals surface area (Å²) in [6, 6.07) is 24.4. The van der Waals surface area contributed by atoms with Crippen molar-refractivity contribution in [1.82, 2.24) is 9.99 Å². The van der Waals surface area contributed by atoms with E-state index in [0.29, 0.717) is 10.7 Å². The minimum atomic E-state index is -4.01. The monoisotopic (exact) mass is 534 g/mol. The molecular weight excluding hydrogens is 508 g/mol. The van der Waals surface area contributed by atoms with Crippen LogP contribution in [0.25, 0.3) is 5.69 Å². The summed E-state index contributed by atoms with van der Waals surface area (Å²) in [7, 11) is -4.01. The molecular formula is C28H27ClN4O3S. The minimum Gasteiger partial charge on any atom is -0.318 e. The summed E-state index contributed by atoms with van der Waals surface area (Å²) in [6.45, 7) is 5.57. The van der Waals surface area contributed by atoms with Gasteiger partial charge in [0.15, 0.2) is 0 Å². The number of halogens is 1. The fourth-order valence-electron chi connectivity index (χ4n) is 4.06. The van der Waals surface area contributed by atoms with Crippen molar-refractivity contribution in [1.29, 1.82) is 0 Å². The summed E-state index contributed by atoms with van der Waals surface area (Å²) >= 11 is 5.98. The van der Waals surface area contributed by atoms with E-state index in [1.807, 2.05) is 45.0 Å². The van der Waals surface area contributed by atoms with Gasteiger partial charge in [-0.25, -0.2) is 13.8 Å². The van der Waals surface area contributed by atoms with E-state index in [0.717, 1.165) is 32.5 Å². The van der Waals surface area contributed by atoms with E-state index in [1.165, 1.54) is 12.1 Å². The molecule has 1 aromatic heterocycles. The largest absolute Gasteiger partial charge is 0.318 e. The maximum absolute atomic E-state index is 13.4. The molecule has 4 rings (SSSR count). The van der Waals surface area contributed by atoms with Gasteiger partial charge in [-0.2, -0.15) is 5.10 Å². The van der Waals surface area contributed by atoms with Crippen molar-refractivity contribution in [3.8, 4) is 5.69 Å². The van der Waals surface area contributed by atoms with Crippen molar-refractivity contribution in [2.75, 3.05) is 10.8 Å². The number of benzene rings is 3. The lowest BCUT2D eigenvalue weighted by molar-refractivity contribution is -0.119. The predicted molar refractivity (Wildman–Crippen MR) is 148 cm³/mol. The number of carbonyl (C=O) groups is 1. The second-order valence-electron chi connectivity index (χ2n) is 8.60. The van der Waals surface area contributed by atoms with Gasteiger partial charge in [-0.05, 0) is 80.9 Å². The van der Waals surface area contributed by atoms with Crippen molar-refractivity contribution >= 4 is 39.4 Å². The van der Waals surface area contributed by atoms with Crippen LogP contribution in [0.3, 0.4) is 0 Å². The van der Waals surface area contributed by atoms with E-state index in [2.05, 4.69) is 21.2 Å². The van der Waals surface area contributed by atoms with Crippen LogP contribution in [0.1, 0.15) is 22.5 Å². The second kappa shape index (κ2) is 11.0. The highest BCUT2D eigenvalue weighted by Crippen LogP contribution is 2.25. The zero-order valence-electron chi connectivity index (χ0n) is 20.7. The second-order valence-corrected chi connectivity index (χ2v) is 10.9. The van der Waals surface area contributed by atoms with Gasteiger partial charge in [0.05, 0.1) is 16.8 Å². The van der Waals surface area contributed by atoms with Crippen LogP contribution in [0, 0.1) is 20.8 Å². The Morgan fingerprint density at radius 1 is 0.973 bits per heavy atom. The zero-order valence-corrected chi connectivity index (χ0v) is 22.3. The van der Waals surface area contributed by atoms with E-state index in [-0.39, 0.29) is 4.90 Å². The predicted octanol–water partition coefficient (Wildman–Crippen LogP) is 5.40. The number of hydrazone groups is 1. The van der Waals surface area contributed by atoms with E-state index in [9.17, 15) is 13.2 Å². The number of anilines is 1. The molecule has 0 radical (unpaired) electrons. The molecule has 190 valence electrons. The Hall–Kier alpha value is -3.88. The molecule has 0 bridgehead atoms. The third-order valence-electron chi connectivity index (χ3n) is 5.86. The van der Waals surface area contributed by atoms with Crippen LogP contribution in [0.5, 0.6) is 0 Å². The Kier molecular flexibility index (Phi) is 7.80. The fraction of sp³-hybridized carbons (Fsp3) is 0.143. The standard InChI is InChI=1S/C28H27ClN4O3S/c1-20-8-7-9-26(16-20)33-21(2)17-23(22(33)3)18-30-31-28(34)19-32(25-14-12-24(29)13-15-25)37(35,36)27-10-5-4-6-11-27/h4-18H,19H2,1-3H3,(H,31,34)/b30-18+. The lowest BCUT2D eigenvalue weighted by Gasteiger charge is -2.23. The molecule has 3 aromatic carbocycles. The molecule has 1 N–H and O–H groups in total. The third-order valence-corrected chi connectivity index (χ3v) is 7.90. The molecule has 0 aliphatic heterocycles. The van der Waals surface area contributed by atoms with Crippen molar-refractivity contribution in [2.45, 2.75) is 25.7 Å². The molecule has 4 aromatic rings. The van der Waals surface area contributed by atoms with Gasteiger partial charge in [0, 0.05) is 27.7 Å². The van der Waals surface area contributed by atoms with Crippen molar-refractivity contribution in [2.24, 2.45) is 5.10 Å². The molecule has 0 aliphatic carbocycles. The number of sulfonamides is 1. The molecule has 0 fully saturated rings. The number of amides is 1. The highest BCUT2D eigenvalue weighted by atomic mass is 35.5. The van der Waals surface area contributed by atoms with Crippen LogP contribution >= 0.6 is 11.6 Å². The topological polar surface area (TPSA) is 83.8 Å². The Bertz CT molecular complexity index is 1550. The van der Waals surface area contributed by atoms with E-state index < -0.39 is 22.5 Å². The van der Waals surface area contributed by atoms with Crippen LogP contribution in [-0.4, -0.2) is 31.7 Å². The van der Waals surface area contributed by atoms with Crippen LogP contribution in [-0.2, 0) is 14.8 Å². The zero-order chi connectivity index (χ0) is 26.6. The molecule has 0 unspecified atom stereocenters. The van der Waals surface area contributed by atoms with E-state index >= 15 is 0 Å². The molecule has 37 heavy (non-hydrogen) atoms. The molecule has 0 spiro atoms. The smallest absolute Gasteiger partial charge is 0.264 e. The van der Waals surface area contributed by atoms with Crippen LogP contribution in [0.2, 0.25) is 5.02 Å². The maximum atomic E-state index is 13.4. The van der Waals surface area contributed by atoms with Gasteiger partial charge in [0.2, 0.25) is 0 Å². The molecule has 0 aliphatic rings. The highest BCUT2D eigenvalue weighted by molar-refractivity contribution is 7.92. The van der Waals surface area contributed by atoms with Crippen molar-refractivity contribution in [3.05, 3.63) is 112 Å². The average molecular weight is 535 g/mol. The first-order valence-electron chi connectivity index (χ1n) is 11.6. The summed E-state index contributed by atoms with van der Waals surface area (Å²) in [5, 5.41) is 4.56. The van der Waals surface area contributed by atoms with Gasteiger partial charge >= 0.3 is 0 Å². The fourth-order valence-corrected chi connectivity index (χ4v) is 5.63. The lowest BCUT2D eigenvalue weighted by Crippen LogP contribution is -2.39.